The van der Waals surface area contributed by atoms with Crippen molar-refractivity contribution in [2.24, 2.45) is 0 Å². The van der Waals surface area contributed by atoms with Gasteiger partial charge in [-0.15, -0.1) is 0 Å². The van der Waals surface area contributed by atoms with Crippen LogP contribution in [0, 0.1) is 0 Å². The van der Waals surface area contributed by atoms with Crippen LogP contribution in [0.25, 0.3) is 12.2 Å². The minimum Gasteiger partial charge on any atom is -0.316 e. The monoisotopic (exact) mass is 290 g/mol. The van der Waals surface area contributed by atoms with Crippen molar-refractivity contribution >= 4 is 12.2 Å². The van der Waals surface area contributed by atoms with E-state index in [1.807, 2.05) is 60.7 Å². The number of benzene rings is 2. The smallest absolute Gasteiger partial charge is 0.272 e. The molecule has 2 aromatic carbocycles. The van der Waals surface area contributed by atoms with Crippen LogP contribution in [0.1, 0.15) is 11.1 Å². The second kappa shape index (κ2) is 6.10. The lowest BCUT2D eigenvalue weighted by Gasteiger charge is -1.94. The van der Waals surface area contributed by atoms with Crippen molar-refractivity contribution in [3.8, 4) is 0 Å². The second-order valence-corrected chi connectivity index (χ2v) is 4.85. The number of aromatic nitrogens is 2. The Kier molecular flexibility index (Phi) is 3.83. The van der Waals surface area contributed by atoms with Crippen molar-refractivity contribution in [2.45, 2.75) is 0 Å². The highest BCUT2D eigenvalue weighted by Gasteiger charge is 1.96. The van der Waals surface area contributed by atoms with Crippen molar-refractivity contribution in [3.63, 3.8) is 0 Å². The summed E-state index contributed by atoms with van der Waals surface area (Å²) in [6, 6.07) is 18.7. The van der Waals surface area contributed by atoms with Gasteiger partial charge in [0.05, 0.1) is 0 Å². The zero-order valence-corrected chi connectivity index (χ0v) is 11.7. The van der Waals surface area contributed by atoms with Gasteiger partial charge in [0.15, 0.2) is 0 Å². The van der Waals surface area contributed by atoms with E-state index in [-0.39, 0.29) is 21.8 Å². The van der Waals surface area contributed by atoms with Gasteiger partial charge in [-0.2, -0.15) is 0 Å². The van der Waals surface area contributed by atoms with Crippen LogP contribution >= 0.6 is 0 Å². The van der Waals surface area contributed by atoms with E-state index in [9.17, 15) is 9.59 Å². The molecule has 0 aliphatic rings. The van der Waals surface area contributed by atoms with Crippen LogP contribution in [-0.2, 0) is 0 Å². The van der Waals surface area contributed by atoms with Gasteiger partial charge in [-0.1, -0.05) is 60.7 Å². The predicted molar refractivity (Wildman–Crippen MR) is 87.0 cm³/mol. The standard InChI is InChI=1S/C18H14N2O2/c21-17-15(11-13-7-3-1-4-8-13)19-18(22)16(20-17)12-14-9-5-2-6-10-14/h1-12H,(H,19,22)(H,20,21)/b15-11-,16-12-. The molecule has 1 aromatic heterocycles. The molecule has 0 radical (unpaired) electrons. The van der Waals surface area contributed by atoms with Crippen molar-refractivity contribution < 1.29 is 0 Å². The van der Waals surface area contributed by atoms with E-state index in [1.54, 1.807) is 12.2 Å². The van der Waals surface area contributed by atoms with E-state index >= 15 is 0 Å². The van der Waals surface area contributed by atoms with Crippen molar-refractivity contribution in [3.05, 3.63) is 103 Å². The van der Waals surface area contributed by atoms with Crippen LogP contribution in [0.5, 0.6) is 0 Å². The van der Waals surface area contributed by atoms with Crippen LogP contribution < -0.4 is 21.8 Å². The molecule has 22 heavy (non-hydrogen) atoms. The van der Waals surface area contributed by atoms with Crippen LogP contribution in [0.2, 0.25) is 0 Å². The molecular formula is C18H14N2O2. The minimum absolute atomic E-state index is 0.237. The predicted octanol–water partition coefficient (Wildman–Crippen LogP) is 0.721. The van der Waals surface area contributed by atoms with Crippen LogP contribution in [0.3, 0.4) is 0 Å². The molecular weight excluding hydrogens is 276 g/mol. The Bertz CT molecular complexity index is 915. The maximum Gasteiger partial charge on any atom is 0.272 e. The molecule has 0 atom stereocenters. The molecule has 4 nitrogen and oxygen atoms in total. The number of hydrogen-bond acceptors (Lipinski definition) is 2. The number of hydrogen-bond donors (Lipinski definition) is 2. The Balaban J connectivity index is 2.14. The summed E-state index contributed by atoms with van der Waals surface area (Å²) >= 11 is 0. The Labute approximate surface area is 126 Å². The summed E-state index contributed by atoms with van der Waals surface area (Å²) < 4.78 is 0. The number of rotatable bonds is 2. The quantitative estimate of drug-likeness (QED) is 0.730. The summed E-state index contributed by atoms with van der Waals surface area (Å²) in [5.41, 5.74) is 1.04. The molecule has 0 bridgehead atoms. The zero-order valence-electron chi connectivity index (χ0n) is 11.7. The summed E-state index contributed by atoms with van der Waals surface area (Å²) in [6.07, 6.45) is 3.29. The molecule has 4 heteroatoms. The first-order chi connectivity index (χ1) is 10.7. The highest BCUT2D eigenvalue weighted by molar-refractivity contribution is 5.49. The van der Waals surface area contributed by atoms with Gasteiger partial charge in [0.2, 0.25) is 0 Å². The van der Waals surface area contributed by atoms with Crippen LogP contribution in [0.15, 0.2) is 70.3 Å². The average Bonchev–Trinajstić information content (AvgIpc) is 2.54. The third-order valence-electron chi connectivity index (χ3n) is 3.21. The molecule has 0 saturated heterocycles. The summed E-state index contributed by atoms with van der Waals surface area (Å²) in [6.45, 7) is 0. The fourth-order valence-electron chi connectivity index (χ4n) is 2.13. The normalized spacial score (nSPS) is 12.5. The molecule has 0 aliphatic heterocycles. The Hall–Kier alpha value is -3.14. The van der Waals surface area contributed by atoms with Crippen molar-refractivity contribution in [1.82, 2.24) is 9.97 Å². The topological polar surface area (TPSA) is 65.7 Å². The molecule has 108 valence electrons. The third kappa shape index (κ3) is 3.12. The summed E-state index contributed by atoms with van der Waals surface area (Å²) in [7, 11) is 0. The maximum atomic E-state index is 12.1. The van der Waals surface area contributed by atoms with E-state index in [4.69, 9.17) is 0 Å². The Morgan fingerprint density at radius 2 is 0.955 bits per heavy atom. The Morgan fingerprint density at radius 1 is 0.591 bits per heavy atom. The summed E-state index contributed by atoms with van der Waals surface area (Å²) in [5, 5.41) is 0.475. The van der Waals surface area contributed by atoms with E-state index in [0.29, 0.717) is 0 Å². The molecule has 0 unspecified atom stereocenters. The molecule has 3 aromatic rings. The summed E-state index contributed by atoms with van der Waals surface area (Å²) in [5.74, 6) is 0. The van der Waals surface area contributed by atoms with Gasteiger partial charge >= 0.3 is 0 Å². The molecule has 0 aliphatic carbocycles. The molecule has 0 saturated carbocycles. The number of aromatic amines is 2. The SMILES string of the molecule is O=c1[nH]/c(=C\c2ccccc2)c(=O)[nH]/c1=C\c1ccccc1. The van der Waals surface area contributed by atoms with Gasteiger partial charge in [-0.05, 0) is 23.3 Å². The molecule has 0 fully saturated rings. The van der Waals surface area contributed by atoms with E-state index < -0.39 is 0 Å². The first-order valence-electron chi connectivity index (χ1n) is 6.88. The molecule has 0 spiro atoms. The number of H-pyrrole nitrogens is 2. The molecule has 3 rings (SSSR count). The fourth-order valence-corrected chi connectivity index (χ4v) is 2.13. The highest BCUT2D eigenvalue weighted by atomic mass is 16.1. The lowest BCUT2D eigenvalue weighted by atomic mass is 10.2. The van der Waals surface area contributed by atoms with Gasteiger partial charge in [-0.25, -0.2) is 0 Å². The van der Waals surface area contributed by atoms with Gasteiger partial charge in [-0.3, -0.25) is 9.59 Å². The Morgan fingerprint density at radius 3 is 1.32 bits per heavy atom. The first-order valence-corrected chi connectivity index (χ1v) is 6.88. The van der Waals surface area contributed by atoms with E-state index in [0.717, 1.165) is 11.1 Å². The molecule has 2 N–H and O–H groups in total. The fraction of sp³-hybridized carbons (Fsp3) is 0. The maximum absolute atomic E-state index is 12.1. The van der Waals surface area contributed by atoms with Gasteiger partial charge in [0.1, 0.15) is 10.7 Å². The second-order valence-electron chi connectivity index (χ2n) is 4.85. The van der Waals surface area contributed by atoms with Crippen molar-refractivity contribution in [1.29, 1.82) is 0 Å². The average molecular weight is 290 g/mol. The van der Waals surface area contributed by atoms with Crippen molar-refractivity contribution in [2.75, 3.05) is 0 Å². The van der Waals surface area contributed by atoms with Crippen LogP contribution in [-0.4, -0.2) is 9.97 Å². The van der Waals surface area contributed by atoms with Gasteiger partial charge in [0, 0.05) is 0 Å². The number of nitrogens with one attached hydrogen (secondary N) is 2. The lowest BCUT2D eigenvalue weighted by Crippen LogP contribution is -2.46. The van der Waals surface area contributed by atoms with E-state index in [2.05, 4.69) is 9.97 Å². The minimum atomic E-state index is -0.328. The molecule has 1 heterocycles. The third-order valence-corrected chi connectivity index (χ3v) is 3.21. The summed E-state index contributed by atoms with van der Waals surface area (Å²) in [4.78, 5) is 29.5. The van der Waals surface area contributed by atoms with Gasteiger partial charge in [0.25, 0.3) is 11.1 Å². The molecule has 0 amide bonds. The van der Waals surface area contributed by atoms with E-state index in [1.165, 1.54) is 0 Å². The van der Waals surface area contributed by atoms with Crippen LogP contribution in [0.4, 0.5) is 0 Å². The first kappa shape index (κ1) is 13.8. The zero-order chi connectivity index (χ0) is 15.4. The van der Waals surface area contributed by atoms with Gasteiger partial charge < -0.3 is 9.97 Å². The lowest BCUT2D eigenvalue weighted by molar-refractivity contribution is 1.00. The largest absolute Gasteiger partial charge is 0.316 e. The highest BCUT2D eigenvalue weighted by Crippen LogP contribution is 1.98.